The van der Waals surface area contributed by atoms with Crippen LogP contribution < -0.4 is 10.1 Å². The second-order valence-electron chi connectivity index (χ2n) is 5.84. The Hall–Kier alpha value is -1.80. The maximum absolute atomic E-state index is 5.73. The van der Waals surface area contributed by atoms with Gasteiger partial charge in [0.05, 0.1) is 6.04 Å². The van der Waals surface area contributed by atoms with Gasteiger partial charge >= 0.3 is 0 Å². The molecular formula is C18H19NO. The summed E-state index contributed by atoms with van der Waals surface area (Å²) in [4.78, 5) is 0. The molecule has 2 aromatic rings. The Balaban J connectivity index is 1.37. The van der Waals surface area contributed by atoms with Crippen molar-refractivity contribution >= 4 is 0 Å². The van der Waals surface area contributed by atoms with Crippen LogP contribution in [0.5, 0.6) is 5.75 Å². The molecule has 1 saturated carbocycles. The lowest BCUT2D eigenvalue weighted by atomic mass is 9.75. The number of fused-ring (bicyclic) bond motifs is 1. The zero-order valence-corrected chi connectivity index (χ0v) is 11.5. The summed E-state index contributed by atoms with van der Waals surface area (Å²) < 4.78 is 5.73. The summed E-state index contributed by atoms with van der Waals surface area (Å²) in [6.07, 6.45) is 2.48. The Morgan fingerprint density at radius 2 is 1.65 bits per heavy atom. The van der Waals surface area contributed by atoms with E-state index in [-0.39, 0.29) is 0 Å². The van der Waals surface area contributed by atoms with Crippen LogP contribution in [0.4, 0.5) is 0 Å². The van der Waals surface area contributed by atoms with Crippen molar-refractivity contribution in [1.29, 1.82) is 0 Å². The molecule has 4 rings (SSSR count). The predicted octanol–water partition coefficient (Wildman–Crippen LogP) is 3.66. The molecule has 0 bridgehead atoms. The minimum absolute atomic E-state index is 0.368. The van der Waals surface area contributed by atoms with E-state index in [1.54, 1.807) is 0 Å². The highest BCUT2D eigenvalue weighted by Crippen LogP contribution is 2.39. The Kier molecular flexibility index (Phi) is 2.96. The van der Waals surface area contributed by atoms with Crippen LogP contribution in [0.3, 0.4) is 0 Å². The topological polar surface area (TPSA) is 21.3 Å². The molecule has 0 radical (unpaired) electrons. The van der Waals surface area contributed by atoms with Crippen molar-refractivity contribution in [3.63, 3.8) is 0 Å². The average Bonchev–Trinajstić information content (AvgIpc) is 2.86. The van der Waals surface area contributed by atoms with Crippen LogP contribution >= 0.6 is 0 Å². The monoisotopic (exact) mass is 265 g/mol. The minimum Gasteiger partial charge on any atom is -0.491 e. The van der Waals surface area contributed by atoms with E-state index in [9.17, 15) is 0 Å². The standard InChI is InChI=1S/C18H19NO/c1-2-6-13(7-3-1)14-10-15(11-14)19-17-12-20-18-9-5-4-8-16(17)18/h1-9,14-15,17,19H,10-12H2. The molecule has 2 aliphatic rings. The average molecular weight is 265 g/mol. The molecule has 0 spiro atoms. The van der Waals surface area contributed by atoms with Gasteiger partial charge in [0.2, 0.25) is 0 Å². The van der Waals surface area contributed by atoms with Crippen molar-refractivity contribution in [2.24, 2.45) is 0 Å². The molecule has 0 aromatic heterocycles. The van der Waals surface area contributed by atoms with Crippen molar-refractivity contribution in [3.8, 4) is 5.75 Å². The number of hydrogen-bond donors (Lipinski definition) is 1. The van der Waals surface area contributed by atoms with Gasteiger partial charge in [0.1, 0.15) is 12.4 Å². The van der Waals surface area contributed by atoms with E-state index in [0.717, 1.165) is 18.3 Å². The van der Waals surface area contributed by atoms with Gasteiger partial charge in [-0.3, -0.25) is 0 Å². The summed E-state index contributed by atoms with van der Waals surface area (Å²) in [5.74, 6) is 1.77. The normalized spacial score (nSPS) is 27.5. The molecule has 1 heterocycles. The maximum atomic E-state index is 5.73. The number of hydrogen-bond acceptors (Lipinski definition) is 2. The Morgan fingerprint density at radius 1 is 0.900 bits per heavy atom. The molecule has 2 heteroatoms. The summed E-state index contributed by atoms with van der Waals surface area (Å²) >= 11 is 0. The summed E-state index contributed by atoms with van der Waals surface area (Å²) in [6, 6.07) is 20.2. The van der Waals surface area contributed by atoms with Crippen LogP contribution in [0.25, 0.3) is 0 Å². The Labute approximate surface area is 119 Å². The predicted molar refractivity (Wildman–Crippen MR) is 80.0 cm³/mol. The quantitative estimate of drug-likeness (QED) is 0.914. The smallest absolute Gasteiger partial charge is 0.124 e. The third-order valence-corrected chi connectivity index (χ3v) is 4.55. The highest BCUT2D eigenvalue weighted by Gasteiger charge is 2.34. The summed E-state index contributed by atoms with van der Waals surface area (Å²) in [5, 5.41) is 3.75. The summed E-state index contributed by atoms with van der Waals surface area (Å²) in [7, 11) is 0. The largest absolute Gasteiger partial charge is 0.491 e. The maximum Gasteiger partial charge on any atom is 0.124 e. The van der Waals surface area contributed by atoms with Crippen molar-refractivity contribution in [2.75, 3.05) is 6.61 Å². The molecule has 1 aliphatic heterocycles. The van der Waals surface area contributed by atoms with Gasteiger partial charge < -0.3 is 10.1 Å². The molecule has 1 atom stereocenters. The fourth-order valence-electron chi connectivity index (χ4n) is 3.34. The van der Waals surface area contributed by atoms with Crippen molar-refractivity contribution < 1.29 is 4.74 Å². The molecule has 2 nitrogen and oxygen atoms in total. The lowest BCUT2D eigenvalue weighted by Crippen LogP contribution is -2.42. The first-order valence-electron chi connectivity index (χ1n) is 7.43. The van der Waals surface area contributed by atoms with Gasteiger partial charge in [0, 0.05) is 11.6 Å². The Bertz CT molecular complexity index is 589. The van der Waals surface area contributed by atoms with Crippen molar-refractivity contribution in [1.82, 2.24) is 5.32 Å². The van der Waals surface area contributed by atoms with Crippen LogP contribution in [0.15, 0.2) is 54.6 Å². The zero-order chi connectivity index (χ0) is 13.4. The molecule has 0 saturated heterocycles. The second kappa shape index (κ2) is 4.95. The first kappa shape index (κ1) is 12.0. The third-order valence-electron chi connectivity index (χ3n) is 4.55. The first-order chi connectivity index (χ1) is 9.90. The number of ether oxygens (including phenoxy) is 1. The van der Waals surface area contributed by atoms with E-state index in [4.69, 9.17) is 4.74 Å². The molecule has 1 aliphatic carbocycles. The van der Waals surface area contributed by atoms with Crippen LogP contribution in [0.1, 0.15) is 35.9 Å². The third kappa shape index (κ3) is 2.10. The molecule has 1 N–H and O–H groups in total. The van der Waals surface area contributed by atoms with E-state index >= 15 is 0 Å². The molecule has 20 heavy (non-hydrogen) atoms. The zero-order valence-electron chi connectivity index (χ0n) is 11.5. The highest BCUT2D eigenvalue weighted by atomic mass is 16.5. The molecular weight excluding hydrogens is 246 g/mol. The minimum atomic E-state index is 0.368. The summed E-state index contributed by atoms with van der Waals surface area (Å²) in [5.41, 5.74) is 2.80. The molecule has 1 fully saturated rings. The fourth-order valence-corrected chi connectivity index (χ4v) is 3.34. The second-order valence-corrected chi connectivity index (χ2v) is 5.84. The van der Waals surface area contributed by atoms with E-state index in [2.05, 4.69) is 53.8 Å². The van der Waals surface area contributed by atoms with Crippen LogP contribution in [0.2, 0.25) is 0 Å². The number of rotatable bonds is 3. The van der Waals surface area contributed by atoms with Crippen LogP contribution in [-0.4, -0.2) is 12.6 Å². The van der Waals surface area contributed by atoms with Gasteiger partial charge in [-0.25, -0.2) is 0 Å². The van der Waals surface area contributed by atoms with Gasteiger partial charge in [0.15, 0.2) is 0 Å². The highest BCUT2D eigenvalue weighted by molar-refractivity contribution is 5.39. The molecule has 102 valence electrons. The SMILES string of the molecule is c1ccc(C2CC(NC3COc4ccccc43)C2)cc1. The van der Waals surface area contributed by atoms with E-state index < -0.39 is 0 Å². The van der Waals surface area contributed by atoms with E-state index in [1.165, 1.54) is 24.0 Å². The van der Waals surface area contributed by atoms with Gasteiger partial charge in [-0.05, 0) is 30.4 Å². The molecule has 2 aromatic carbocycles. The van der Waals surface area contributed by atoms with Crippen LogP contribution in [0, 0.1) is 0 Å². The van der Waals surface area contributed by atoms with Crippen LogP contribution in [-0.2, 0) is 0 Å². The Morgan fingerprint density at radius 3 is 2.50 bits per heavy atom. The number of para-hydroxylation sites is 1. The van der Waals surface area contributed by atoms with Gasteiger partial charge in [-0.1, -0.05) is 48.5 Å². The van der Waals surface area contributed by atoms with Crippen molar-refractivity contribution in [2.45, 2.75) is 30.8 Å². The molecule has 0 amide bonds. The van der Waals surface area contributed by atoms with E-state index in [0.29, 0.717) is 12.1 Å². The molecule has 1 unspecified atom stereocenters. The van der Waals surface area contributed by atoms with E-state index in [1.807, 2.05) is 6.07 Å². The number of nitrogens with one attached hydrogen (secondary N) is 1. The lowest BCUT2D eigenvalue weighted by Gasteiger charge is -2.38. The number of benzene rings is 2. The van der Waals surface area contributed by atoms with Gasteiger partial charge in [-0.2, -0.15) is 0 Å². The van der Waals surface area contributed by atoms with Crippen molar-refractivity contribution in [3.05, 3.63) is 65.7 Å². The fraction of sp³-hybridized carbons (Fsp3) is 0.333. The van der Waals surface area contributed by atoms with Gasteiger partial charge in [-0.15, -0.1) is 0 Å². The lowest BCUT2D eigenvalue weighted by molar-refractivity contribution is 0.236. The first-order valence-corrected chi connectivity index (χ1v) is 7.43. The van der Waals surface area contributed by atoms with Gasteiger partial charge in [0.25, 0.3) is 0 Å². The summed E-state index contributed by atoms with van der Waals surface area (Å²) in [6.45, 7) is 0.770.